The maximum absolute atomic E-state index is 11.1. The van der Waals surface area contributed by atoms with Crippen LogP contribution in [-0.2, 0) is 4.79 Å². The van der Waals surface area contributed by atoms with Crippen molar-refractivity contribution in [3.8, 4) is 0 Å². The lowest BCUT2D eigenvalue weighted by molar-refractivity contribution is -0.143. The Kier molecular flexibility index (Phi) is 5.18. The molecular formula is C11H23N3O2. The van der Waals surface area contributed by atoms with E-state index >= 15 is 0 Å². The minimum atomic E-state index is -0.800. The normalized spacial score (nSPS) is 26.3. The number of hydrogen-bond acceptors (Lipinski definition) is 4. The van der Waals surface area contributed by atoms with Crippen molar-refractivity contribution < 1.29 is 9.90 Å². The molecule has 0 aliphatic carbocycles. The van der Waals surface area contributed by atoms with Crippen LogP contribution in [0.2, 0.25) is 0 Å². The van der Waals surface area contributed by atoms with E-state index in [4.69, 9.17) is 10.8 Å². The van der Waals surface area contributed by atoms with Crippen LogP contribution in [0.1, 0.15) is 19.8 Å². The average Bonchev–Trinajstić information content (AvgIpc) is 2.41. The van der Waals surface area contributed by atoms with Crippen LogP contribution in [0, 0.1) is 0 Å². The molecule has 2 atom stereocenters. The van der Waals surface area contributed by atoms with Gasteiger partial charge in [-0.2, -0.15) is 0 Å². The second kappa shape index (κ2) is 6.18. The minimum absolute atomic E-state index is 0.190. The highest BCUT2D eigenvalue weighted by atomic mass is 16.4. The molecule has 0 aromatic carbocycles. The number of likely N-dealkylation sites (N-methyl/N-ethyl adjacent to an activating group) is 1. The topological polar surface area (TPSA) is 69.8 Å². The summed E-state index contributed by atoms with van der Waals surface area (Å²) in [5.74, 6) is -0.800. The van der Waals surface area contributed by atoms with Gasteiger partial charge in [0.05, 0.1) is 0 Å². The molecule has 0 bridgehead atoms. The molecule has 16 heavy (non-hydrogen) atoms. The van der Waals surface area contributed by atoms with Crippen molar-refractivity contribution in [3.05, 3.63) is 0 Å². The minimum Gasteiger partial charge on any atom is -0.480 e. The van der Waals surface area contributed by atoms with Crippen LogP contribution in [0.4, 0.5) is 0 Å². The third-order valence-electron chi connectivity index (χ3n) is 3.33. The molecule has 1 saturated heterocycles. The molecule has 5 nitrogen and oxygen atoms in total. The molecular weight excluding hydrogens is 206 g/mol. The number of hydrogen-bond donors (Lipinski definition) is 2. The van der Waals surface area contributed by atoms with Crippen molar-refractivity contribution in [3.63, 3.8) is 0 Å². The van der Waals surface area contributed by atoms with E-state index in [-0.39, 0.29) is 6.54 Å². The van der Waals surface area contributed by atoms with Crippen molar-refractivity contribution in [1.82, 2.24) is 9.80 Å². The van der Waals surface area contributed by atoms with Crippen LogP contribution in [0.3, 0.4) is 0 Å². The smallest absolute Gasteiger partial charge is 0.322 e. The monoisotopic (exact) mass is 229 g/mol. The van der Waals surface area contributed by atoms with Crippen LogP contribution >= 0.6 is 0 Å². The van der Waals surface area contributed by atoms with E-state index in [0.717, 1.165) is 32.5 Å². The van der Waals surface area contributed by atoms with Gasteiger partial charge in [-0.15, -0.1) is 0 Å². The van der Waals surface area contributed by atoms with Gasteiger partial charge in [0.25, 0.3) is 0 Å². The third kappa shape index (κ3) is 3.17. The number of nitrogens with zero attached hydrogens (tertiary/aromatic N) is 2. The van der Waals surface area contributed by atoms with Gasteiger partial charge in [-0.3, -0.25) is 9.69 Å². The lowest BCUT2D eigenvalue weighted by Crippen LogP contribution is -2.52. The summed E-state index contributed by atoms with van der Waals surface area (Å²) < 4.78 is 0. The maximum Gasteiger partial charge on any atom is 0.322 e. The van der Waals surface area contributed by atoms with E-state index in [1.807, 2.05) is 0 Å². The summed E-state index contributed by atoms with van der Waals surface area (Å²) in [7, 11) is 2.09. The first kappa shape index (κ1) is 13.4. The van der Waals surface area contributed by atoms with Gasteiger partial charge < -0.3 is 15.7 Å². The predicted molar refractivity (Wildman–Crippen MR) is 63.4 cm³/mol. The molecule has 3 N–H and O–H groups in total. The fourth-order valence-corrected chi connectivity index (χ4v) is 2.41. The zero-order valence-electron chi connectivity index (χ0n) is 10.2. The molecule has 0 saturated carbocycles. The van der Waals surface area contributed by atoms with Crippen LogP contribution in [0.25, 0.3) is 0 Å². The van der Waals surface area contributed by atoms with E-state index in [2.05, 4.69) is 23.8 Å². The van der Waals surface area contributed by atoms with Crippen molar-refractivity contribution in [2.75, 3.05) is 33.2 Å². The standard InChI is InChI=1S/C11H23N3O2/c1-3-9-8-13(2)5-4-6-14(9)10(7-12)11(15)16/h9-10H,3-8,12H2,1-2H3,(H,15,16). The van der Waals surface area contributed by atoms with Gasteiger partial charge in [0, 0.05) is 25.7 Å². The zero-order valence-corrected chi connectivity index (χ0v) is 10.2. The number of carbonyl (C=O) groups is 1. The van der Waals surface area contributed by atoms with Gasteiger partial charge in [0.15, 0.2) is 0 Å². The van der Waals surface area contributed by atoms with Crippen molar-refractivity contribution in [1.29, 1.82) is 0 Å². The summed E-state index contributed by atoms with van der Waals surface area (Å²) in [6, 6.07) is -0.228. The first-order valence-corrected chi connectivity index (χ1v) is 5.97. The fourth-order valence-electron chi connectivity index (χ4n) is 2.41. The number of rotatable bonds is 4. The Morgan fingerprint density at radius 1 is 1.56 bits per heavy atom. The molecule has 5 heteroatoms. The summed E-state index contributed by atoms with van der Waals surface area (Å²) >= 11 is 0. The highest BCUT2D eigenvalue weighted by molar-refractivity contribution is 5.73. The number of aliphatic carboxylic acids is 1. The number of carboxylic acids is 1. The molecule has 1 heterocycles. The Morgan fingerprint density at radius 2 is 2.25 bits per heavy atom. The molecule has 0 aromatic heterocycles. The van der Waals surface area contributed by atoms with Gasteiger partial charge in [-0.1, -0.05) is 6.92 Å². The van der Waals surface area contributed by atoms with Gasteiger partial charge in [0.2, 0.25) is 0 Å². The first-order valence-electron chi connectivity index (χ1n) is 5.97. The van der Waals surface area contributed by atoms with E-state index in [0.29, 0.717) is 6.04 Å². The Hall–Kier alpha value is -0.650. The summed E-state index contributed by atoms with van der Waals surface area (Å²) in [5.41, 5.74) is 5.57. The van der Waals surface area contributed by atoms with E-state index < -0.39 is 12.0 Å². The lowest BCUT2D eigenvalue weighted by Gasteiger charge is -2.34. The van der Waals surface area contributed by atoms with Crippen molar-refractivity contribution >= 4 is 5.97 Å². The second-order valence-electron chi connectivity index (χ2n) is 4.51. The fraction of sp³-hybridized carbons (Fsp3) is 0.909. The van der Waals surface area contributed by atoms with Crippen molar-refractivity contribution in [2.24, 2.45) is 5.73 Å². The van der Waals surface area contributed by atoms with E-state index in [1.165, 1.54) is 0 Å². The predicted octanol–water partition coefficient (Wildman–Crippen LogP) is -0.186. The molecule has 1 fully saturated rings. The maximum atomic E-state index is 11.1. The van der Waals surface area contributed by atoms with Gasteiger partial charge in [0.1, 0.15) is 6.04 Å². The van der Waals surface area contributed by atoms with Crippen LogP contribution in [0.5, 0.6) is 0 Å². The van der Waals surface area contributed by atoms with Crippen LogP contribution in [0.15, 0.2) is 0 Å². The number of carboxylic acid groups (broad SMARTS) is 1. The Bertz CT molecular complexity index is 235. The SMILES string of the molecule is CCC1CN(C)CCCN1C(CN)C(=O)O. The van der Waals surface area contributed by atoms with Crippen molar-refractivity contribution in [2.45, 2.75) is 31.8 Å². The molecule has 94 valence electrons. The zero-order chi connectivity index (χ0) is 12.1. The summed E-state index contributed by atoms with van der Waals surface area (Å²) in [5, 5.41) is 9.16. The molecule has 1 aliphatic heterocycles. The highest BCUT2D eigenvalue weighted by Crippen LogP contribution is 2.15. The lowest BCUT2D eigenvalue weighted by atomic mass is 10.1. The van der Waals surface area contributed by atoms with E-state index in [9.17, 15) is 4.79 Å². The highest BCUT2D eigenvalue weighted by Gasteiger charge is 2.31. The number of nitrogens with two attached hydrogens (primary N) is 1. The molecule has 0 amide bonds. The average molecular weight is 229 g/mol. The summed E-state index contributed by atoms with van der Waals surface area (Å²) in [6.07, 6.45) is 1.98. The van der Waals surface area contributed by atoms with Crippen LogP contribution in [-0.4, -0.2) is 66.2 Å². The molecule has 0 spiro atoms. The Labute approximate surface area is 97.2 Å². The Morgan fingerprint density at radius 3 is 2.75 bits per heavy atom. The van der Waals surface area contributed by atoms with Gasteiger partial charge >= 0.3 is 5.97 Å². The summed E-state index contributed by atoms with van der Waals surface area (Å²) in [4.78, 5) is 15.5. The molecule has 2 unspecified atom stereocenters. The van der Waals surface area contributed by atoms with Gasteiger partial charge in [-0.25, -0.2) is 0 Å². The molecule has 1 aliphatic rings. The van der Waals surface area contributed by atoms with Crippen LogP contribution < -0.4 is 5.73 Å². The molecule has 1 rings (SSSR count). The quantitative estimate of drug-likeness (QED) is 0.699. The first-order chi connectivity index (χ1) is 7.60. The molecule has 0 radical (unpaired) electrons. The molecule has 0 aromatic rings. The largest absolute Gasteiger partial charge is 0.480 e. The second-order valence-corrected chi connectivity index (χ2v) is 4.51. The third-order valence-corrected chi connectivity index (χ3v) is 3.33. The van der Waals surface area contributed by atoms with E-state index in [1.54, 1.807) is 0 Å². The summed E-state index contributed by atoms with van der Waals surface area (Å²) in [6.45, 7) is 5.09. The Balaban J connectivity index is 2.77. The van der Waals surface area contributed by atoms with Gasteiger partial charge in [-0.05, 0) is 26.4 Å².